The van der Waals surface area contributed by atoms with Crippen LogP contribution in [0.15, 0.2) is 40.8 Å². The third-order valence-electron chi connectivity index (χ3n) is 3.24. The fourth-order valence-electron chi connectivity index (χ4n) is 2.00. The first-order chi connectivity index (χ1) is 11.4. The molecule has 1 heterocycles. The SMILES string of the molecule is NC(=O)CCC(NC(=O)c1ccc(-c2ccc(F)cc2)o1)C(=O)O. The second kappa shape index (κ2) is 7.40. The molecule has 1 aromatic heterocycles. The maximum Gasteiger partial charge on any atom is 0.326 e. The number of nitrogens with two attached hydrogens (primary N) is 1. The third-order valence-corrected chi connectivity index (χ3v) is 3.24. The molecule has 1 aromatic carbocycles. The lowest BCUT2D eigenvalue weighted by atomic mass is 10.1. The van der Waals surface area contributed by atoms with Gasteiger partial charge in [0.15, 0.2) is 5.76 Å². The molecule has 0 bridgehead atoms. The van der Waals surface area contributed by atoms with Crippen molar-refractivity contribution in [2.75, 3.05) is 0 Å². The minimum atomic E-state index is -1.28. The maximum absolute atomic E-state index is 12.9. The molecule has 7 nitrogen and oxygen atoms in total. The number of carbonyl (C=O) groups excluding carboxylic acids is 2. The number of primary amides is 1. The lowest BCUT2D eigenvalue weighted by molar-refractivity contribution is -0.139. The van der Waals surface area contributed by atoms with E-state index >= 15 is 0 Å². The van der Waals surface area contributed by atoms with Crippen molar-refractivity contribution in [1.82, 2.24) is 5.32 Å². The van der Waals surface area contributed by atoms with E-state index in [0.29, 0.717) is 11.3 Å². The van der Waals surface area contributed by atoms with Crippen molar-refractivity contribution in [3.8, 4) is 11.3 Å². The van der Waals surface area contributed by atoms with E-state index < -0.39 is 29.6 Å². The first-order valence-electron chi connectivity index (χ1n) is 7.04. The highest BCUT2D eigenvalue weighted by Crippen LogP contribution is 2.22. The van der Waals surface area contributed by atoms with Crippen LogP contribution in [0.3, 0.4) is 0 Å². The smallest absolute Gasteiger partial charge is 0.326 e. The van der Waals surface area contributed by atoms with Crippen molar-refractivity contribution in [3.05, 3.63) is 48.0 Å². The van der Waals surface area contributed by atoms with Crippen LogP contribution < -0.4 is 11.1 Å². The monoisotopic (exact) mass is 334 g/mol. The molecule has 0 aliphatic heterocycles. The molecule has 2 aromatic rings. The van der Waals surface area contributed by atoms with Gasteiger partial charge in [0.25, 0.3) is 5.91 Å². The number of rotatable bonds is 7. The average molecular weight is 334 g/mol. The Balaban J connectivity index is 2.08. The number of carboxylic acid groups (broad SMARTS) is 1. The molecule has 24 heavy (non-hydrogen) atoms. The van der Waals surface area contributed by atoms with E-state index in [2.05, 4.69) is 5.32 Å². The van der Waals surface area contributed by atoms with Gasteiger partial charge in [-0.1, -0.05) is 0 Å². The van der Waals surface area contributed by atoms with Crippen LogP contribution in [-0.2, 0) is 9.59 Å². The van der Waals surface area contributed by atoms with Gasteiger partial charge < -0.3 is 20.6 Å². The second-order valence-corrected chi connectivity index (χ2v) is 5.04. The first kappa shape index (κ1) is 17.2. The molecule has 1 unspecified atom stereocenters. The summed E-state index contributed by atoms with van der Waals surface area (Å²) in [4.78, 5) is 33.9. The van der Waals surface area contributed by atoms with Gasteiger partial charge in [0, 0.05) is 12.0 Å². The number of carboxylic acids is 1. The molecule has 0 radical (unpaired) electrons. The predicted octanol–water partition coefficient (Wildman–Crippen LogP) is 1.53. The number of carbonyl (C=O) groups is 3. The molecule has 0 aliphatic carbocycles. The van der Waals surface area contributed by atoms with E-state index in [0.717, 1.165) is 0 Å². The Labute approximate surface area is 136 Å². The first-order valence-corrected chi connectivity index (χ1v) is 7.04. The van der Waals surface area contributed by atoms with Gasteiger partial charge in [-0.3, -0.25) is 9.59 Å². The highest BCUT2D eigenvalue weighted by molar-refractivity contribution is 5.94. The van der Waals surface area contributed by atoms with Gasteiger partial charge in [0.1, 0.15) is 17.6 Å². The zero-order valence-corrected chi connectivity index (χ0v) is 12.5. The number of halogens is 1. The molecule has 1 atom stereocenters. The van der Waals surface area contributed by atoms with E-state index in [9.17, 15) is 18.8 Å². The number of benzene rings is 1. The molecule has 0 fully saturated rings. The summed E-state index contributed by atoms with van der Waals surface area (Å²) in [6.45, 7) is 0. The van der Waals surface area contributed by atoms with Crippen LogP contribution in [0, 0.1) is 5.82 Å². The highest BCUT2D eigenvalue weighted by Gasteiger charge is 2.23. The van der Waals surface area contributed by atoms with Gasteiger partial charge >= 0.3 is 5.97 Å². The van der Waals surface area contributed by atoms with Crippen molar-refractivity contribution in [2.24, 2.45) is 5.73 Å². The second-order valence-electron chi connectivity index (χ2n) is 5.04. The molecule has 126 valence electrons. The maximum atomic E-state index is 12.9. The molecule has 2 amide bonds. The number of amides is 2. The quantitative estimate of drug-likeness (QED) is 0.709. The molecule has 8 heteroatoms. The molecule has 4 N–H and O–H groups in total. The Kier molecular flexibility index (Phi) is 5.31. The third kappa shape index (κ3) is 4.42. The highest BCUT2D eigenvalue weighted by atomic mass is 19.1. The average Bonchev–Trinajstić information content (AvgIpc) is 3.01. The summed E-state index contributed by atoms with van der Waals surface area (Å²) in [6, 6.07) is 7.11. The summed E-state index contributed by atoms with van der Waals surface area (Å²) in [5.41, 5.74) is 5.54. The summed E-state index contributed by atoms with van der Waals surface area (Å²) in [7, 11) is 0. The van der Waals surface area contributed by atoms with E-state index in [-0.39, 0.29) is 18.6 Å². The Morgan fingerprint density at radius 2 is 1.83 bits per heavy atom. The van der Waals surface area contributed by atoms with Crippen LogP contribution in [0.4, 0.5) is 4.39 Å². The normalized spacial score (nSPS) is 11.7. The number of furan rings is 1. The summed E-state index contributed by atoms with van der Waals surface area (Å²) in [5, 5.41) is 11.3. The van der Waals surface area contributed by atoms with E-state index in [1.807, 2.05) is 0 Å². The Bertz CT molecular complexity index is 754. The number of nitrogens with one attached hydrogen (secondary N) is 1. The molecule has 0 spiro atoms. The number of aliphatic carboxylic acids is 1. The lowest BCUT2D eigenvalue weighted by Crippen LogP contribution is -2.41. The van der Waals surface area contributed by atoms with Crippen LogP contribution in [0.1, 0.15) is 23.4 Å². The van der Waals surface area contributed by atoms with Crippen molar-refractivity contribution in [2.45, 2.75) is 18.9 Å². The van der Waals surface area contributed by atoms with Crippen molar-refractivity contribution >= 4 is 17.8 Å². The zero-order valence-electron chi connectivity index (χ0n) is 12.5. The van der Waals surface area contributed by atoms with Crippen molar-refractivity contribution in [3.63, 3.8) is 0 Å². The molecule has 0 saturated carbocycles. The number of hydrogen-bond acceptors (Lipinski definition) is 4. The van der Waals surface area contributed by atoms with Crippen LogP contribution in [0.5, 0.6) is 0 Å². The summed E-state index contributed by atoms with van der Waals surface area (Å²) in [5.74, 6) is -2.84. The summed E-state index contributed by atoms with van der Waals surface area (Å²) < 4.78 is 18.3. The van der Waals surface area contributed by atoms with Crippen molar-refractivity contribution < 1.29 is 28.3 Å². The largest absolute Gasteiger partial charge is 0.480 e. The lowest BCUT2D eigenvalue weighted by Gasteiger charge is -2.12. The standard InChI is InChI=1S/C16H15FN2O5/c17-10-3-1-9(2-4-10)12-6-7-13(24-12)15(21)19-11(16(22)23)5-8-14(18)20/h1-4,6-7,11H,5,8H2,(H2,18,20)(H,19,21)(H,22,23). The van der Waals surface area contributed by atoms with Crippen LogP contribution >= 0.6 is 0 Å². The van der Waals surface area contributed by atoms with Gasteiger partial charge in [-0.2, -0.15) is 0 Å². The Morgan fingerprint density at radius 3 is 2.42 bits per heavy atom. The Hall–Kier alpha value is -3.16. The summed E-state index contributed by atoms with van der Waals surface area (Å²) >= 11 is 0. The minimum Gasteiger partial charge on any atom is -0.480 e. The van der Waals surface area contributed by atoms with Crippen LogP contribution in [0.2, 0.25) is 0 Å². The van der Waals surface area contributed by atoms with Gasteiger partial charge in [0.2, 0.25) is 5.91 Å². The van der Waals surface area contributed by atoms with Gasteiger partial charge in [-0.05, 0) is 42.8 Å². The van der Waals surface area contributed by atoms with Gasteiger partial charge in [-0.25, -0.2) is 9.18 Å². The van der Waals surface area contributed by atoms with E-state index in [4.69, 9.17) is 15.3 Å². The van der Waals surface area contributed by atoms with Gasteiger partial charge in [-0.15, -0.1) is 0 Å². The van der Waals surface area contributed by atoms with Crippen LogP contribution in [-0.4, -0.2) is 28.9 Å². The van der Waals surface area contributed by atoms with E-state index in [1.54, 1.807) is 0 Å². The zero-order chi connectivity index (χ0) is 17.7. The fraction of sp³-hybridized carbons (Fsp3) is 0.188. The minimum absolute atomic E-state index is 0.0975. The molecule has 0 saturated heterocycles. The Morgan fingerprint density at radius 1 is 1.17 bits per heavy atom. The van der Waals surface area contributed by atoms with E-state index in [1.165, 1.54) is 36.4 Å². The topological polar surface area (TPSA) is 123 Å². The molecule has 2 rings (SSSR count). The predicted molar refractivity (Wildman–Crippen MR) is 81.4 cm³/mol. The molecule has 0 aliphatic rings. The molecular weight excluding hydrogens is 319 g/mol. The van der Waals surface area contributed by atoms with Crippen LogP contribution in [0.25, 0.3) is 11.3 Å². The van der Waals surface area contributed by atoms with Gasteiger partial charge in [0.05, 0.1) is 0 Å². The fourth-order valence-corrected chi connectivity index (χ4v) is 2.00. The van der Waals surface area contributed by atoms with Crippen molar-refractivity contribution in [1.29, 1.82) is 0 Å². The summed E-state index contributed by atoms with van der Waals surface area (Å²) in [6.07, 6.45) is -0.293. The molecular formula is C16H15FN2O5. The number of hydrogen-bond donors (Lipinski definition) is 3.